The van der Waals surface area contributed by atoms with E-state index in [1.807, 2.05) is 31.2 Å². The van der Waals surface area contributed by atoms with Crippen LogP contribution in [0.2, 0.25) is 0 Å². The maximum absolute atomic E-state index is 12.6. The van der Waals surface area contributed by atoms with Crippen molar-refractivity contribution in [2.24, 2.45) is 0 Å². The molecular weight excluding hydrogens is 436 g/mol. The third-order valence-corrected chi connectivity index (χ3v) is 6.00. The van der Waals surface area contributed by atoms with Crippen molar-refractivity contribution >= 4 is 11.8 Å². The molecule has 4 heteroatoms. The normalized spacial score (nSPS) is 10.7. The van der Waals surface area contributed by atoms with E-state index in [2.05, 4.69) is 6.92 Å². The van der Waals surface area contributed by atoms with Crippen molar-refractivity contribution in [1.29, 1.82) is 0 Å². The Labute approximate surface area is 209 Å². The zero-order chi connectivity index (χ0) is 24.9. The number of ketones is 1. The summed E-state index contributed by atoms with van der Waals surface area (Å²) in [6.07, 6.45) is 10.1. The second-order valence-corrected chi connectivity index (χ2v) is 8.96. The van der Waals surface area contributed by atoms with Gasteiger partial charge < -0.3 is 9.47 Å². The van der Waals surface area contributed by atoms with Crippen LogP contribution in [0.25, 0.3) is 0 Å². The van der Waals surface area contributed by atoms with Gasteiger partial charge in [0.2, 0.25) is 0 Å². The Balaban J connectivity index is 1.41. The first kappa shape index (κ1) is 26.2. The van der Waals surface area contributed by atoms with Gasteiger partial charge in [-0.05, 0) is 61.9 Å². The zero-order valence-corrected chi connectivity index (χ0v) is 20.9. The number of benzene rings is 3. The van der Waals surface area contributed by atoms with Gasteiger partial charge in [0.15, 0.2) is 5.78 Å². The molecule has 0 atom stereocenters. The van der Waals surface area contributed by atoms with Gasteiger partial charge in [-0.25, -0.2) is 4.79 Å². The third-order valence-electron chi connectivity index (χ3n) is 6.00. The van der Waals surface area contributed by atoms with Crippen molar-refractivity contribution in [2.45, 2.75) is 65.2 Å². The largest absolute Gasteiger partial charge is 0.494 e. The Bertz CT molecular complexity index is 1050. The fourth-order valence-electron chi connectivity index (χ4n) is 3.83. The predicted octanol–water partition coefficient (Wildman–Crippen LogP) is 7.96. The van der Waals surface area contributed by atoms with Crippen molar-refractivity contribution in [1.82, 2.24) is 0 Å². The molecule has 0 saturated heterocycles. The molecule has 0 heterocycles. The van der Waals surface area contributed by atoms with Gasteiger partial charge in [-0.1, -0.05) is 81.7 Å². The van der Waals surface area contributed by atoms with E-state index >= 15 is 0 Å². The Hall–Kier alpha value is -3.40. The monoisotopic (exact) mass is 472 g/mol. The Morgan fingerprint density at radius 1 is 0.600 bits per heavy atom. The number of carbonyl (C=O) groups excluding carboxylic acids is 2. The van der Waals surface area contributed by atoms with Crippen molar-refractivity contribution in [3.05, 3.63) is 95.1 Å². The molecule has 0 aliphatic heterocycles. The Kier molecular flexibility index (Phi) is 10.6. The highest BCUT2D eigenvalue weighted by atomic mass is 16.5. The van der Waals surface area contributed by atoms with Crippen molar-refractivity contribution in [3.63, 3.8) is 0 Å². The summed E-state index contributed by atoms with van der Waals surface area (Å²) in [5.41, 5.74) is 2.73. The highest BCUT2D eigenvalue weighted by molar-refractivity contribution is 6.09. The lowest BCUT2D eigenvalue weighted by Gasteiger charge is -2.08. The van der Waals surface area contributed by atoms with Crippen molar-refractivity contribution in [2.75, 3.05) is 6.61 Å². The maximum atomic E-state index is 12.6. The van der Waals surface area contributed by atoms with Gasteiger partial charge in [0.25, 0.3) is 0 Å². The van der Waals surface area contributed by atoms with Crippen LogP contribution in [0.4, 0.5) is 0 Å². The minimum atomic E-state index is -0.447. The highest BCUT2D eigenvalue weighted by Gasteiger charge is 2.12. The number of carbonyl (C=O) groups is 2. The highest BCUT2D eigenvalue weighted by Crippen LogP contribution is 2.19. The fourth-order valence-corrected chi connectivity index (χ4v) is 3.83. The molecule has 0 unspecified atom stereocenters. The maximum Gasteiger partial charge on any atom is 0.343 e. The molecule has 0 spiro atoms. The summed E-state index contributed by atoms with van der Waals surface area (Å²) < 4.78 is 11.3. The molecule has 4 nitrogen and oxygen atoms in total. The van der Waals surface area contributed by atoms with Crippen molar-refractivity contribution in [3.8, 4) is 11.5 Å². The molecule has 0 aromatic heterocycles. The summed E-state index contributed by atoms with van der Waals surface area (Å²) in [7, 11) is 0. The van der Waals surface area contributed by atoms with Crippen LogP contribution in [-0.2, 0) is 0 Å². The van der Waals surface area contributed by atoms with E-state index in [4.69, 9.17) is 9.47 Å². The van der Waals surface area contributed by atoms with Crippen LogP contribution in [0, 0.1) is 6.92 Å². The van der Waals surface area contributed by atoms with Gasteiger partial charge in [-0.3, -0.25) is 4.79 Å². The second kappa shape index (κ2) is 14.1. The van der Waals surface area contributed by atoms with Gasteiger partial charge >= 0.3 is 5.97 Å². The first-order valence-electron chi connectivity index (χ1n) is 12.7. The summed E-state index contributed by atoms with van der Waals surface area (Å²) >= 11 is 0. The van der Waals surface area contributed by atoms with Crippen LogP contribution >= 0.6 is 0 Å². The van der Waals surface area contributed by atoms with Crippen LogP contribution in [0.1, 0.15) is 90.1 Å². The molecule has 184 valence electrons. The molecule has 0 bridgehead atoms. The number of ether oxygens (including phenoxy) is 2. The number of aryl methyl sites for hydroxylation is 1. The first-order valence-corrected chi connectivity index (χ1v) is 12.7. The van der Waals surface area contributed by atoms with Crippen LogP contribution < -0.4 is 9.47 Å². The molecule has 3 aromatic carbocycles. The summed E-state index contributed by atoms with van der Waals surface area (Å²) in [4.78, 5) is 25.1. The number of unbranched alkanes of at least 4 members (excludes halogenated alkanes) is 7. The Morgan fingerprint density at radius 2 is 1.09 bits per heavy atom. The van der Waals surface area contributed by atoms with E-state index in [1.54, 1.807) is 48.5 Å². The van der Waals surface area contributed by atoms with E-state index < -0.39 is 5.97 Å². The standard InChI is InChI=1S/C31H36O4/c1-3-4-5-6-7-8-9-10-23-34-28-19-17-27(18-20-28)31(33)35-29-21-15-26(16-22-29)30(32)25-13-11-24(2)12-14-25/h11-22H,3-10,23H2,1-2H3. The molecule has 0 N–H and O–H groups in total. The lowest BCUT2D eigenvalue weighted by molar-refractivity contribution is 0.0734. The smallest absolute Gasteiger partial charge is 0.343 e. The van der Waals surface area contributed by atoms with Gasteiger partial charge in [-0.15, -0.1) is 0 Å². The van der Waals surface area contributed by atoms with E-state index in [0.29, 0.717) is 29.0 Å². The minimum Gasteiger partial charge on any atom is -0.494 e. The topological polar surface area (TPSA) is 52.6 Å². The second-order valence-electron chi connectivity index (χ2n) is 8.96. The van der Waals surface area contributed by atoms with Gasteiger partial charge in [0.1, 0.15) is 11.5 Å². The van der Waals surface area contributed by atoms with Gasteiger partial charge in [0.05, 0.1) is 12.2 Å². The molecule has 0 fully saturated rings. The lowest BCUT2D eigenvalue weighted by atomic mass is 10.0. The predicted molar refractivity (Wildman–Crippen MR) is 141 cm³/mol. The molecule has 0 radical (unpaired) electrons. The summed E-state index contributed by atoms with van der Waals surface area (Å²) in [5, 5.41) is 0. The quantitative estimate of drug-likeness (QED) is 0.103. The number of hydrogen-bond donors (Lipinski definition) is 0. The van der Waals surface area contributed by atoms with Gasteiger partial charge in [-0.2, -0.15) is 0 Å². The van der Waals surface area contributed by atoms with Crippen LogP contribution in [0.15, 0.2) is 72.8 Å². The first-order chi connectivity index (χ1) is 17.1. The SMILES string of the molecule is CCCCCCCCCCOc1ccc(C(=O)Oc2ccc(C(=O)c3ccc(C)cc3)cc2)cc1. The van der Waals surface area contributed by atoms with E-state index in [0.717, 1.165) is 17.7 Å². The van der Waals surface area contributed by atoms with Crippen LogP contribution in [0.5, 0.6) is 11.5 Å². The summed E-state index contributed by atoms with van der Waals surface area (Å²) in [6, 6.07) is 21.1. The zero-order valence-electron chi connectivity index (χ0n) is 20.9. The molecule has 0 saturated carbocycles. The van der Waals surface area contributed by atoms with Crippen LogP contribution in [-0.4, -0.2) is 18.4 Å². The molecular formula is C31H36O4. The average Bonchev–Trinajstić information content (AvgIpc) is 2.88. The minimum absolute atomic E-state index is 0.0644. The van der Waals surface area contributed by atoms with E-state index in [9.17, 15) is 9.59 Å². The third kappa shape index (κ3) is 8.71. The number of rotatable bonds is 14. The molecule has 3 aromatic rings. The molecule has 3 rings (SSSR count). The molecule has 0 amide bonds. The fraction of sp³-hybridized carbons (Fsp3) is 0.355. The number of esters is 1. The Morgan fingerprint density at radius 3 is 1.69 bits per heavy atom. The molecule has 35 heavy (non-hydrogen) atoms. The van der Waals surface area contributed by atoms with Gasteiger partial charge in [0, 0.05) is 11.1 Å². The lowest BCUT2D eigenvalue weighted by Crippen LogP contribution is -2.09. The van der Waals surface area contributed by atoms with Crippen molar-refractivity contribution < 1.29 is 19.1 Å². The van der Waals surface area contributed by atoms with E-state index in [1.165, 1.54) is 44.9 Å². The molecule has 0 aliphatic carbocycles. The van der Waals surface area contributed by atoms with Crippen LogP contribution in [0.3, 0.4) is 0 Å². The summed E-state index contributed by atoms with van der Waals surface area (Å²) in [5.74, 6) is 0.636. The number of hydrogen-bond acceptors (Lipinski definition) is 4. The van der Waals surface area contributed by atoms with E-state index in [-0.39, 0.29) is 5.78 Å². The average molecular weight is 473 g/mol. The molecule has 0 aliphatic rings. The summed E-state index contributed by atoms with van der Waals surface area (Å²) in [6.45, 7) is 4.91.